The lowest BCUT2D eigenvalue weighted by Gasteiger charge is -2.22. The van der Waals surface area contributed by atoms with Crippen LogP contribution in [0.25, 0.3) is 0 Å². The summed E-state index contributed by atoms with van der Waals surface area (Å²) >= 11 is 3.51. The van der Waals surface area contributed by atoms with Gasteiger partial charge in [0.2, 0.25) is 0 Å². The molecular formula is C9H16BrN3. The Balaban J connectivity index is 3.11. The summed E-state index contributed by atoms with van der Waals surface area (Å²) in [5, 5.41) is 0. The van der Waals surface area contributed by atoms with Crippen molar-refractivity contribution < 1.29 is 0 Å². The maximum atomic E-state index is 5.79. The van der Waals surface area contributed by atoms with Crippen LogP contribution in [0.15, 0.2) is 10.5 Å². The number of nitrogens with zero attached hydrogens (tertiary/aromatic N) is 2. The van der Waals surface area contributed by atoms with E-state index in [9.17, 15) is 0 Å². The molecule has 0 aromatic carbocycles. The van der Waals surface area contributed by atoms with E-state index >= 15 is 0 Å². The molecular weight excluding hydrogens is 230 g/mol. The Bertz CT molecular complexity index is 289. The van der Waals surface area contributed by atoms with E-state index < -0.39 is 0 Å². The molecule has 1 heterocycles. The molecule has 0 saturated carbocycles. The van der Waals surface area contributed by atoms with Crippen molar-refractivity contribution in [2.75, 3.05) is 23.7 Å². The highest BCUT2D eigenvalue weighted by atomic mass is 79.9. The molecule has 0 amide bonds. The van der Waals surface area contributed by atoms with Gasteiger partial charge in [0.1, 0.15) is 11.6 Å². The Morgan fingerprint density at radius 3 is 2.31 bits per heavy atom. The molecule has 0 fully saturated rings. The quantitative estimate of drug-likeness (QED) is 0.887. The van der Waals surface area contributed by atoms with Gasteiger partial charge in [-0.1, -0.05) is 0 Å². The summed E-state index contributed by atoms with van der Waals surface area (Å²) in [4.78, 5) is 2.26. The number of rotatable bonds is 3. The fourth-order valence-electron chi connectivity index (χ4n) is 1.46. The van der Waals surface area contributed by atoms with Gasteiger partial charge in [0.25, 0.3) is 0 Å². The van der Waals surface area contributed by atoms with Crippen molar-refractivity contribution in [3.63, 3.8) is 0 Å². The maximum absolute atomic E-state index is 5.79. The summed E-state index contributed by atoms with van der Waals surface area (Å²) in [5.41, 5.74) is 5.79. The second-order valence-electron chi connectivity index (χ2n) is 2.97. The molecule has 13 heavy (non-hydrogen) atoms. The summed E-state index contributed by atoms with van der Waals surface area (Å²) in [7, 11) is 1.98. The highest BCUT2D eigenvalue weighted by Gasteiger charge is 2.12. The summed E-state index contributed by atoms with van der Waals surface area (Å²) in [6.07, 6.45) is 0. The van der Waals surface area contributed by atoms with E-state index in [4.69, 9.17) is 5.73 Å². The normalized spacial score (nSPS) is 10.5. The van der Waals surface area contributed by atoms with Gasteiger partial charge in [-0.3, -0.25) is 0 Å². The predicted molar refractivity (Wildman–Crippen MR) is 61.1 cm³/mol. The first-order valence-electron chi connectivity index (χ1n) is 4.47. The summed E-state index contributed by atoms with van der Waals surface area (Å²) in [6.45, 7) is 6.26. The van der Waals surface area contributed by atoms with Crippen molar-refractivity contribution in [2.45, 2.75) is 13.8 Å². The first-order chi connectivity index (χ1) is 6.11. The van der Waals surface area contributed by atoms with Crippen LogP contribution in [-0.2, 0) is 7.05 Å². The molecule has 0 saturated heterocycles. The molecule has 1 aromatic rings. The third kappa shape index (κ3) is 1.82. The Labute approximate surface area is 87.6 Å². The first kappa shape index (κ1) is 10.4. The van der Waals surface area contributed by atoms with Gasteiger partial charge in [-0.05, 0) is 35.8 Å². The second kappa shape index (κ2) is 4.05. The van der Waals surface area contributed by atoms with Crippen molar-refractivity contribution in [1.29, 1.82) is 0 Å². The van der Waals surface area contributed by atoms with E-state index in [1.807, 2.05) is 17.7 Å². The Morgan fingerprint density at radius 2 is 2.00 bits per heavy atom. The number of hydrogen-bond acceptors (Lipinski definition) is 2. The van der Waals surface area contributed by atoms with Gasteiger partial charge in [0.15, 0.2) is 0 Å². The zero-order valence-electron chi connectivity index (χ0n) is 8.34. The van der Waals surface area contributed by atoms with Crippen molar-refractivity contribution in [3.8, 4) is 0 Å². The number of aromatic nitrogens is 1. The van der Waals surface area contributed by atoms with E-state index in [2.05, 4.69) is 34.7 Å². The molecule has 0 aliphatic heterocycles. The predicted octanol–water partition coefficient (Wildman–Crippen LogP) is 2.22. The minimum atomic E-state index is 0.786. The van der Waals surface area contributed by atoms with E-state index in [-0.39, 0.29) is 0 Å². The molecule has 74 valence electrons. The molecule has 0 atom stereocenters. The van der Waals surface area contributed by atoms with Crippen LogP contribution >= 0.6 is 15.9 Å². The highest BCUT2D eigenvalue weighted by Crippen LogP contribution is 2.30. The minimum absolute atomic E-state index is 0.786. The average molecular weight is 246 g/mol. The monoisotopic (exact) mass is 245 g/mol. The topological polar surface area (TPSA) is 34.2 Å². The van der Waals surface area contributed by atoms with Crippen LogP contribution in [0.3, 0.4) is 0 Å². The molecule has 3 nitrogen and oxygen atoms in total. The van der Waals surface area contributed by atoms with E-state index in [0.29, 0.717) is 0 Å². The van der Waals surface area contributed by atoms with Crippen LogP contribution < -0.4 is 10.6 Å². The molecule has 0 aliphatic carbocycles. The van der Waals surface area contributed by atoms with Gasteiger partial charge in [0.05, 0.1) is 4.47 Å². The van der Waals surface area contributed by atoms with Crippen LogP contribution in [0.1, 0.15) is 13.8 Å². The maximum Gasteiger partial charge on any atom is 0.124 e. The van der Waals surface area contributed by atoms with Gasteiger partial charge >= 0.3 is 0 Å². The highest BCUT2D eigenvalue weighted by molar-refractivity contribution is 9.10. The van der Waals surface area contributed by atoms with Crippen molar-refractivity contribution in [1.82, 2.24) is 4.57 Å². The molecule has 1 rings (SSSR count). The fraction of sp³-hybridized carbons (Fsp3) is 0.556. The number of nitrogen functional groups attached to an aromatic ring is 1. The molecule has 0 bridgehead atoms. The smallest absolute Gasteiger partial charge is 0.124 e. The van der Waals surface area contributed by atoms with Crippen LogP contribution in [0.5, 0.6) is 0 Å². The molecule has 0 unspecified atom stereocenters. The summed E-state index contributed by atoms with van der Waals surface area (Å²) in [5.74, 6) is 1.94. The van der Waals surface area contributed by atoms with Crippen molar-refractivity contribution >= 4 is 27.6 Å². The molecule has 0 radical (unpaired) electrons. The number of anilines is 2. The van der Waals surface area contributed by atoms with Crippen LogP contribution in [0, 0.1) is 0 Å². The average Bonchev–Trinajstić information content (AvgIpc) is 2.34. The zero-order valence-corrected chi connectivity index (χ0v) is 9.93. The van der Waals surface area contributed by atoms with Gasteiger partial charge < -0.3 is 15.2 Å². The molecule has 2 N–H and O–H groups in total. The van der Waals surface area contributed by atoms with Crippen LogP contribution in [0.2, 0.25) is 0 Å². The Kier molecular flexibility index (Phi) is 3.25. The molecule has 4 heteroatoms. The van der Waals surface area contributed by atoms with E-state index in [1.165, 1.54) is 0 Å². The lowest BCUT2D eigenvalue weighted by molar-refractivity contribution is 0.796. The van der Waals surface area contributed by atoms with Crippen LogP contribution in [0.4, 0.5) is 11.6 Å². The molecule has 0 spiro atoms. The molecule has 1 aromatic heterocycles. The van der Waals surface area contributed by atoms with Crippen LogP contribution in [-0.4, -0.2) is 17.7 Å². The van der Waals surface area contributed by atoms with Crippen molar-refractivity contribution in [2.24, 2.45) is 7.05 Å². The Hall–Kier alpha value is -0.640. The van der Waals surface area contributed by atoms with Gasteiger partial charge in [0, 0.05) is 20.1 Å². The third-order valence-electron chi connectivity index (χ3n) is 2.26. The SMILES string of the molecule is CCN(CC)c1c(Br)cc(N)n1C. The van der Waals surface area contributed by atoms with Gasteiger partial charge in [-0.25, -0.2) is 0 Å². The minimum Gasteiger partial charge on any atom is -0.385 e. The van der Waals surface area contributed by atoms with Crippen molar-refractivity contribution in [3.05, 3.63) is 10.5 Å². The second-order valence-corrected chi connectivity index (χ2v) is 3.83. The third-order valence-corrected chi connectivity index (χ3v) is 2.84. The lowest BCUT2D eigenvalue weighted by atomic mass is 10.5. The van der Waals surface area contributed by atoms with Gasteiger partial charge in [-0.15, -0.1) is 0 Å². The summed E-state index contributed by atoms with van der Waals surface area (Å²) < 4.78 is 3.06. The Morgan fingerprint density at radius 1 is 1.46 bits per heavy atom. The first-order valence-corrected chi connectivity index (χ1v) is 5.26. The summed E-state index contributed by atoms with van der Waals surface area (Å²) in [6, 6.07) is 1.94. The van der Waals surface area contributed by atoms with E-state index in [1.54, 1.807) is 0 Å². The molecule has 0 aliphatic rings. The number of hydrogen-bond donors (Lipinski definition) is 1. The largest absolute Gasteiger partial charge is 0.385 e. The fourth-order valence-corrected chi connectivity index (χ4v) is 2.21. The lowest BCUT2D eigenvalue weighted by Crippen LogP contribution is -2.24. The number of nitrogens with two attached hydrogens (primary N) is 1. The van der Waals surface area contributed by atoms with Gasteiger partial charge in [-0.2, -0.15) is 0 Å². The van der Waals surface area contributed by atoms with E-state index in [0.717, 1.165) is 29.2 Å². The standard InChI is InChI=1S/C9H16BrN3/c1-4-13(5-2)9-7(10)6-8(11)12(9)3/h6H,4-5,11H2,1-3H3. The number of halogens is 1. The zero-order chi connectivity index (χ0) is 10.0.